The number of nitrogens with one attached hydrogen (secondary N) is 1. The SMILES string of the molecule is CNC(C)(C)Cc1ccc(F)c(Cl)c1F. The Morgan fingerprint density at radius 2 is 1.93 bits per heavy atom. The summed E-state index contributed by atoms with van der Waals surface area (Å²) >= 11 is 5.48. The molecule has 0 aliphatic heterocycles. The maximum Gasteiger partial charge on any atom is 0.148 e. The third-order valence-electron chi connectivity index (χ3n) is 2.42. The molecule has 0 atom stereocenters. The molecule has 0 fully saturated rings. The monoisotopic (exact) mass is 233 g/mol. The van der Waals surface area contributed by atoms with Gasteiger partial charge in [-0.05, 0) is 38.9 Å². The summed E-state index contributed by atoms with van der Waals surface area (Å²) in [6, 6.07) is 2.61. The largest absolute Gasteiger partial charge is 0.314 e. The van der Waals surface area contributed by atoms with E-state index in [0.29, 0.717) is 12.0 Å². The Balaban J connectivity index is 3.02. The highest BCUT2D eigenvalue weighted by Crippen LogP contribution is 2.24. The van der Waals surface area contributed by atoms with Crippen molar-refractivity contribution >= 4 is 11.6 Å². The molecule has 0 bridgehead atoms. The van der Waals surface area contributed by atoms with Crippen molar-refractivity contribution in [2.75, 3.05) is 7.05 Å². The Hall–Kier alpha value is -0.670. The maximum absolute atomic E-state index is 13.5. The molecule has 84 valence electrons. The van der Waals surface area contributed by atoms with Gasteiger partial charge in [0.1, 0.15) is 16.7 Å². The fourth-order valence-electron chi connectivity index (χ4n) is 1.27. The predicted molar refractivity (Wildman–Crippen MR) is 58.2 cm³/mol. The minimum atomic E-state index is -0.722. The molecule has 15 heavy (non-hydrogen) atoms. The molecular formula is C11H14ClF2N. The zero-order valence-electron chi connectivity index (χ0n) is 9.00. The minimum Gasteiger partial charge on any atom is -0.314 e. The van der Waals surface area contributed by atoms with Crippen molar-refractivity contribution in [3.63, 3.8) is 0 Å². The Bertz CT molecular complexity index is 364. The molecule has 0 saturated heterocycles. The van der Waals surface area contributed by atoms with Crippen LogP contribution in [0, 0.1) is 11.6 Å². The van der Waals surface area contributed by atoms with Crippen LogP contribution < -0.4 is 5.32 Å². The third kappa shape index (κ3) is 2.89. The number of halogens is 3. The quantitative estimate of drug-likeness (QED) is 0.791. The van der Waals surface area contributed by atoms with Crippen LogP contribution in [0.15, 0.2) is 12.1 Å². The van der Waals surface area contributed by atoms with E-state index >= 15 is 0 Å². The number of rotatable bonds is 3. The molecule has 0 aromatic heterocycles. The topological polar surface area (TPSA) is 12.0 Å². The molecule has 4 heteroatoms. The summed E-state index contributed by atoms with van der Waals surface area (Å²) in [5.74, 6) is -1.39. The second kappa shape index (κ2) is 4.45. The van der Waals surface area contributed by atoms with Crippen LogP contribution in [0.5, 0.6) is 0 Å². The average molecular weight is 234 g/mol. The van der Waals surface area contributed by atoms with Gasteiger partial charge in [-0.3, -0.25) is 0 Å². The first-order valence-electron chi connectivity index (χ1n) is 4.68. The number of hydrogen-bond acceptors (Lipinski definition) is 1. The van der Waals surface area contributed by atoms with Crippen molar-refractivity contribution < 1.29 is 8.78 Å². The Morgan fingerprint density at radius 3 is 2.47 bits per heavy atom. The van der Waals surface area contributed by atoms with E-state index in [1.165, 1.54) is 12.1 Å². The van der Waals surface area contributed by atoms with Gasteiger partial charge in [0.15, 0.2) is 0 Å². The van der Waals surface area contributed by atoms with E-state index in [9.17, 15) is 8.78 Å². The zero-order chi connectivity index (χ0) is 11.6. The maximum atomic E-state index is 13.5. The number of likely N-dealkylation sites (N-methyl/N-ethyl adjacent to an activating group) is 1. The first-order valence-corrected chi connectivity index (χ1v) is 5.06. The Morgan fingerprint density at radius 1 is 1.33 bits per heavy atom. The van der Waals surface area contributed by atoms with Crippen LogP contribution in [0.4, 0.5) is 8.78 Å². The smallest absolute Gasteiger partial charge is 0.148 e. The van der Waals surface area contributed by atoms with Gasteiger partial charge in [-0.15, -0.1) is 0 Å². The summed E-state index contributed by atoms with van der Waals surface area (Å²) in [6.45, 7) is 3.87. The molecule has 0 aliphatic rings. The first-order chi connectivity index (χ1) is 6.87. The van der Waals surface area contributed by atoms with E-state index in [1.807, 2.05) is 13.8 Å². The first kappa shape index (κ1) is 12.4. The average Bonchev–Trinajstić information content (AvgIpc) is 2.19. The molecule has 1 nitrogen and oxygen atoms in total. The summed E-state index contributed by atoms with van der Waals surface area (Å²) in [5, 5.41) is 2.62. The van der Waals surface area contributed by atoms with E-state index in [4.69, 9.17) is 11.6 Å². The van der Waals surface area contributed by atoms with Gasteiger partial charge in [0, 0.05) is 5.54 Å². The van der Waals surface area contributed by atoms with Gasteiger partial charge in [0.2, 0.25) is 0 Å². The molecule has 1 rings (SSSR count). The van der Waals surface area contributed by atoms with E-state index in [1.54, 1.807) is 7.05 Å². The van der Waals surface area contributed by atoms with Crippen LogP contribution in [-0.4, -0.2) is 12.6 Å². The molecular weight excluding hydrogens is 220 g/mol. The third-order valence-corrected chi connectivity index (χ3v) is 2.77. The molecule has 0 unspecified atom stereocenters. The van der Waals surface area contributed by atoms with Gasteiger partial charge in [-0.25, -0.2) is 8.78 Å². The molecule has 1 aromatic carbocycles. The highest BCUT2D eigenvalue weighted by Gasteiger charge is 2.20. The van der Waals surface area contributed by atoms with Crippen molar-refractivity contribution in [2.45, 2.75) is 25.8 Å². The lowest BCUT2D eigenvalue weighted by molar-refractivity contribution is 0.413. The molecule has 0 heterocycles. The van der Waals surface area contributed by atoms with Crippen LogP contribution in [0.3, 0.4) is 0 Å². The van der Waals surface area contributed by atoms with E-state index < -0.39 is 16.7 Å². The van der Waals surface area contributed by atoms with Crippen molar-refractivity contribution in [2.24, 2.45) is 0 Å². The second-order valence-electron chi connectivity index (χ2n) is 4.15. The molecule has 0 radical (unpaired) electrons. The Kier molecular flexibility index (Phi) is 3.68. The highest BCUT2D eigenvalue weighted by molar-refractivity contribution is 6.30. The fraction of sp³-hybridized carbons (Fsp3) is 0.455. The van der Waals surface area contributed by atoms with Gasteiger partial charge in [0.05, 0.1) is 0 Å². The molecule has 1 N–H and O–H groups in total. The van der Waals surface area contributed by atoms with Gasteiger partial charge in [-0.1, -0.05) is 17.7 Å². The number of hydrogen-bond donors (Lipinski definition) is 1. The lowest BCUT2D eigenvalue weighted by atomic mass is 9.95. The van der Waals surface area contributed by atoms with Gasteiger partial charge in [0.25, 0.3) is 0 Å². The van der Waals surface area contributed by atoms with E-state index in [2.05, 4.69) is 5.32 Å². The molecule has 1 aromatic rings. The molecule has 0 aliphatic carbocycles. The lowest BCUT2D eigenvalue weighted by Gasteiger charge is -2.24. The van der Waals surface area contributed by atoms with Gasteiger partial charge < -0.3 is 5.32 Å². The molecule has 0 saturated carbocycles. The zero-order valence-corrected chi connectivity index (χ0v) is 9.75. The van der Waals surface area contributed by atoms with Crippen molar-refractivity contribution in [1.29, 1.82) is 0 Å². The van der Waals surface area contributed by atoms with E-state index in [-0.39, 0.29) is 5.54 Å². The van der Waals surface area contributed by atoms with Crippen LogP contribution in [-0.2, 0) is 6.42 Å². The highest BCUT2D eigenvalue weighted by atomic mass is 35.5. The second-order valence-corrected chi connectivity index (χ2v) is 4.52. The normalized spacial score (nSPS) is 11.9. The van der Waals surface area contributed by atoms with Crippen molar-refractivity contribution in [3.05, 3.63) is 34.4 Å². The molecule has 0 amide bonds. The van der Waals surface area contributed by atoms with Crippen LogP contribution >= 0.6 is 11.6 Å². The van der Waals surface area contributed by atoms with Gasteiger partial charge >= 0.3 is 0 Å². The number of benzene rings is 1. The summed E-state index contributed by atoms with van der Waals surface area (Å²) in [6.07, 6.45) is 0.454. The Labute approximate surface area is 93.4 Å². The standard InChI is InChI=1S/C11H14ClF2N/c1-11(2,15-3)6-7-4-5-8(13)9(12)10(7)14/h4-5,15H,6H2,1-3H3. The van der Waals surface area contributed by atoms with Crippen LogP contribution in [0.2, 0.25) is 5.02 Å². The van der Waals surface area contributed by atoms with Gasteiger partial charge in [-0.2, -0.15) is 0 Å². The summed E-state index contributed by atoms with van der Waals surface area (Å²) in [4.78, 5) is 0. The summed E-state index contributed by atoms with van der Waals surface area (Å²) < 4.78 is 26.4. The minimum absolute atomic E-state index is 0.248. The fourth-order valence-corrected chi connectivity index (χ4v) is 1.45. The summed E-state index contributed by atoms with van der Waals surface area (Å²) in [7, 11) is 1.79. The van der Waals surface area contributed by atoms with E-state index in [0.717, 1.165) is 0 Å². The lowest BCUT2D eigenvalue weighted by Crippen LogP contribution is -2.38. The summed E-state index contributed by atoms with van der Waals surface area (Å²) in [5.41, 5.74) is 0.169. The van der Waals surface area contributed by atoms with Crippen molar-refractivity contribution in [3.8, 4) is 0 Å². The van der Waals surface area contributed by atoms with Crippen molar-refractivity contribution in [1.82, 2.24) is 5.32 Å². The van der Waals surface area contributed by atoms with Crippen LogP contribution in [0.1, 0.15) is 19.4 Å². The van der Waals surface area contributed by atoms with Crippen LogP contribution in [0.25, 0.3) is 0 Å². The molecule has 0 spiro atoms. The predicted octanol–water partition coefficient (Wildman–Crippen LogP) is 3.16.